The fourth-order valence-corrected chi connectivity index (χ4v) is 3.37. The summed E-state index contributed by atoms with van der Waals surface area (Å²) in [5, 5.41) is 2.57. The summed E-state index contributed by atoms with van der Waals surface area (Å²) in [6, 6.07) is 6.78. The number of amides is 3. The van der Waals surface area contributed by atoms with Crippen LogP contribution in [0.25, 0.3) is 0 Å². The van der Waals surface area contributed by atoms with Gasteiger partial charge in [0.15, 0.2) is 0 Å². The van der Waals surface area contributed by atoms with Gasteiger partial charge in [-0.1, -0.05) is 12.1 Å². The molecule has 170 valence electrons. The highest BCUT2D eigenvalue weighted by molar-refractivity contribution is 5.99. The molecule has 1 aliphatic rings. The Morgan fingerprint density at radius 2 is 1.90 bits per heavy atom. The highest BCUT2D eigenvalue weighted by atomic mass is 16.5. The highest BCUT2D eigenvalue weighted by Gasteiger charge is 2.30. The summed E-state index contributed by atoms with van der Waals surface area (Å²) in [4.78, 5) is 52.2. The van der Waals surface area contributed by atoms with Crippen molar-refractivity contribution in [1.29, 1.82) is 0 Å². The van der Waals surface area contributed by atoms with Crippen LogP contribution in [0.2, 0.25) is 0 Å². The van der Waals surface area contributed by atoms with Crippen molar-refractivity contribution in [3.05, 3.63) is 29.8 Å². The standard InChI is InChI=1S/C22H31N3O6/c1-4-30-18-11-7-6-10-17(18)21(28)23-13-19(26)24(3)15-20(27)25-12-8-9-16(14-25)22(29)31-5-2/h6-7,10-11,16H,4-5,8-9,12-15H2,1-3H3,(H,23,28). The van der Waals surface area contributed by atoms with Crippen LogP contribution >= 0.6 is 0 Å². The molecule has 1 fully saturated rings. The first-order valence-electron chi connectivity index (χ1n) is 10.6. The molecular formula is C22H31N3O6. The molecule has 3 amide bonds. The normalized spacial score (nSPS) is 15.7. The second-order valence-corrected chi connectivity index (χ2v) is 7.29. The summed E-state index contributed by atoms with van der Waals surface area (Å²) in [6.07, 6.45) is 1.40. The van der Waals surface area contributed by atoms with Crippen LogP contribution in [0, 0.1) is 5.92 Å². The van der Waals surface area contributed by atoms with E-state index in [9.17, 15) is 19.2 Å². The van der Waals surface area contributed by atoms with E-state index in [-0.39, 0.29) is 30.9 Å². The number of likely N-dealkylation sites (N-methyl/N-ethyl adjacent to an activating group) is 1. The molecule has 1 heterocycles. The number of carbonyl (C=O) groups excluding carboxylic acids is 4. The van der Waals surface area contributed by atoms with Crippen molar-refractivity contribution >= 4 is 23.7 Å². The van der Waals surface area contributed by atoms with Crippen LogP contribution in [0.3, 0.4) is 0 Å². The largest absolute Gasteiger partial charge is 0.493 e. The molecule has 1 atom stereocenters. The number of esters is 1. The molecule has 1 unspecified atom stereocenters. The Kier molecular flexibility index (Phi) is 9.30. The van der Waals surface area contributed by atoms with Crippen LogP contribution in [0.4, 0.5) is 0 Å². The lowest BCUT2D eigenvalue weighted by atomic mass is 9.98. The molecule has 0 saturated carbocycles. The maximum absolute atomic E-state index is 12.6. The second kappa shape index (κ2) is 11.9. The third-order valence-corrected chi connectivity index (χ3v) is 5.02. The Morgan fingerprint density at radius 1 is 1.16 bits per heavy atom. The van der Waals surface area contributed by atoms with Gasteiger partial charge in [0.1, 0.15) is 5.75 Å². The van der Waals surface area contributed by atoms with Crippen molar-refractivity contribution in [3.8, 4) is 5.75 Å². The van der Waals surface area contributed by atoms with E-state index in [0.29, 0.717) is 50.5 Å². The SMILES string of the molecule is CCOC(=O)C1CCCN(C(=O)CN(C)C(=O)CNC(=O)c2ccccc2OCC)C1. The molecule has 31 heavy (non-hydrogen) atoms. The molecule has 9 nitrogen and oxygen atoms in total. The molecule has 1 aromatic carbocycles. The minimum absolute atomic E-state index is 0.125. The first-order chi connectivity index (χ1) is 14.9. The lowest BCUT2D eigenvalue weighted by Crippen LogP contribution is -2.48. The average molecular weight is 434 g/mol. The van der Waals surface area contributed by atoms with Gasteiger partial charge >= 0.3 is 5.97 Å². The summed E-state index contributed by atoms with van der Waals surface area (Å²) in [5.74, 6) is -1.24. The molecular weight excluding hydrogens is 402 g/mol. The third-order valence-electron chi connectivity index (χ3n) is 5.02. The average Bonchev–Trinajstić information content (AvgIpc) is 2.78. The summed E-state index contributed by atoms with van der Waals surface area (Å²) < 4.78 is 10.5. The maximum atomic E-state index is 12.6. The van der Waals surface area contributed by atoms with E-state index in [4.69, 9.17) is 9.47 Å². The van der Waals surface area contributed by atoms with Crippen LogP contribution in [0.5, 0.6) is 5.75 Å². The molecule has 9 heteroatoms. The minimum Gasteiger partial charge on any atom is -0.493 e. The van der Waals surface area contributed by atoms with Gasteiger partial charge in [-0.3, -0.25) is 19.2 Å². The van der Waals surface area contributed by atoms with Gasteiger partial charge in [-0.05, 0) is 38.8 Å². The zero-order valence-corrected chi connectivity index (χ0v) is 18.4. The number of para-hydroxylation sites is 1. The van der Waals surface area contributed by atoms with E-state index in [2.05, 4.69) is 5.32 Å². The Hall–Kier alpha value is -3.10. The summed E-state index contributed by atoms with van der Waals surface area (Å²) >= 11 is 0. The number of piperidine rings is 1. The van der Waals surface area contributed by atoms with Crippen molar-refractivity contribution < 1.29 is 28.7 Å². The molecule has 0 radical (unpaired) electrons. The van der Waals surface area contributed by atoms with Crippen molar-refractivity contribution in [3.63, 3.8) is 0 Å². The second-order valence-electron chi connectivity index (χ2n) is 7.29. The van der Waals surface area contributed by atoms with E-state index in [1.54, 1.807) is 36.1 Å². The van der Waals surface area contributed by atoms with Crippen molar-refractivity contribution in [1.82, 2.24) is 15.1 Å². The first kappa shape index (κ1) is 24.2. The number of ether oxygens (including phenoxy) is 2. The zero-order chi connectivity index (χ0) is 22.8. The first-order valence-corrected chi connectivity index (χ1v) is 10.6. The van der Waals surface area contributed by atoms with Crippen LogP contribution < -0.4 is 10.1 Å². The Labute approximate surface area is 182 Å². The molecule has 0 aromatic heterocycles. The molecule has 1 aromatic rings. The monoisotopic (exact) mass is 433 g/mol. The van der Waals surface area contributed by atoms with Gasteiger partial charge in [-0.15, -0.1) is 0 Å². The summed E-state index contributed by atoms with van der Waals surface area (Å²) in [6.45, 7) is 4.77. The lowest BCUT2D eigenvalue weighted by Gasteiger charge is -2.32. The van der Waals surface area contributed by atoms with Gasteiger partial charge in [0.2, 0.25) is 11.8 Å². The number of hydrogen-bond acceptors (Lipinski definition) is 6. The Balaban J connectivity index is 1.84. The minimum atomic E-state index is -0.426. The molecule has 0 aliphatic carbocycles. The number of rotatable bonds is 9. The van der Waals surface area contributed by atoms with E-state index < -0.39 is 11.8 Å². The zero-order valence-electron chi connectivity index (χ0n) is 18.4. The van der Waals surface area contributed by atoms with Crippen LogP contribution in [0.15, 0.2) is 24.3 Å². The van der Waals surface area contributed by atoms with E-state index in [1.165, 1.54) is 11.9 Å². The predicted octanol–water partition coefficient (Wildman–Crippen LogP) is 1.08. The van der Waals surface area contributed by atoms with E-state index >= 15 is 0 Å². The third kappa shape index (κ3) is 6.97. The maximum Gasteiger partial charge on any atom is 0.310 e. The summed E-state index contributed by atoms with van der Waals surface area (Å²) in [5.41, 5.74) is 0.342. The number of carbonyl (C=O) groups is 4. The quantitative estimate of drug-likeness (QED) is 0.584. The van der Waals surface area contributed by atoms with E-state index in [0.717, 1.165) is 0 Å². The van der Waals surface area contributed by atoms with Gasteiger partial charge in [0.25, 0.3) is 5.91 Å². The predicted molar refractivity (Wildman–Crippen MR) is 114 cm³/mol. The topological polar surface area (TPSA) is 105 Å². The van der Waals surface area contributed by atoms with Gasteiger partial charge in [-0.25, -0.2) is 0 Å². The van der Waals surface area contributed by atoms with E-state index in [1.807, 2.05) is 6.92 Å². The fraction of sp³-hybridized carbons (Fsp3) is 0.545. The Bertz CT molecular complexity index is 797. The molecule has 0 spiro atoms. The van der Waals surface area contributed by atoms with Gasteiger partial charge in [-0.2, -0.15) is 0 Å². The Morgan fingerprint density at radius 3 is 2.61 bits per heavy atom. The lowest BCUT2D eigenvalue weighted by molar-refractivity contribution is -0.152. The molecule has 0 bridgehead atoms. The summed E-state index contributed by atoms with van der Waals surface area (Å²) in [7, 11) is 1.51. The number of nitrogens with one attached hydrogen (secondary N) is 1. The number of benzene rings is 1. The van der Waals surface area contributed by atoms with Crippen LogP contribution in [-0.2, 0) is 19.1 Å². The van der Waals surface area contributed by atoms with Gasteiger partial charge in [0, 0.05) is 20.1 Å². The van der Waals surface area contributed by atoms with Crippen molar-refractivity contribution in [2.24, 2.45) is 5.92 Å². The smallest absolute Gasteiger partial charge is 0.310 e. The van der Waals surface area contributed by atoms with Gasteiger partial charge in [0.05, 0.1) is 37.8 Å². The number of nitrogens with zero attached hydrogens (tertiary/aromatic N) is 2. The fourth-order valence-electron chi connectivity index (χ4n) is 3.37. The number of hydrogen-bond donors (Lipinski definition) is 1. The number of likely N-dealkylation sites (tertiary alicyclic amines) is 1. The molecule has 2 rings (SSSR count). The van der Waals surface area contributed by atoms with Crippen molar-refractivity contribution in [2.75, 3.05) is 46.4 Å². The van der Waals surface area contributed by atoms with Crippen LogP contribution in [-0.4, -0.2) is 79.9 Å². The van der Waals surface area contributed by atoms with Crippen molar-refractivity contribution in [2.45, 2.75) is 26.7 Å². The van der Waals surface area contributed by atoms with Gasteiger partial charge < -0.3 is 24.6 Å². The molecule has 1 N–H and O–H groups in total. The van der Waals surface area contributed by atoms with Crippen LogP contribution in [0.1, 0.15) is 37.0 Å². The molecule has 1 saturated heterocycles. The highest BCUT2D eigenvalue weighted by Crippen LogP contribution is 2.19. The molecule has 1 aliphatic heterocycles.